The fourth-order valence-electron chi connectivity index (χ4n) is 2.17. The normalized spacial score (nSPS) is 10.8. The van der Waals surface area contributed by atoms with Crippen molar-refractivity contribution in [2.24, 2.45) is 0 Å². The van der Waals surface area contributed by atoms with E-state index in [1.807, 2.05) is 18.6 Å². The Balaban J connectivity index is 1.85. The van der Waals surface area contributed by atoms with Crippen LogP contribution in [0.25, 0.3) is 11.4 Å². The van der Waals surface area contributed by atoms with Gasteiger partial charge in [-0.2, -0.15) is 5.10 Å². The van der Waals surface area contributed by atoms with Crippen molar-refractivity contribution in [3.8, 4) is 11.4 Å². The number of nitrogens with one attached hydrogen (secondary N) is 2. The average Bonchev–Trinajstić information content (AvgIpc) is 3.09. The third-order valence-electron chi connectivity index (χ3n) is 3.12. The molecule has 2 N–H and O–H groups in total. The summed E-state index contributed by atoms with van der Waals surface area (Å²) >= 11 is 0. The highest BCUT2D eigenvalue weighted by Crippen LogP contribution is 2.21. The van der Waals surface area contributed by atoms with E-state index in [2.05, 4.69) is 37.1 Å². The van der Waals surface area contributed by atoms with Crippen LogP contribution in [0.3, 0.4) is 0 Å². The highest BCUT2D eigenvalue weighted by atomic mass is 15.1. The molecule has 0 unspecified atom stereocenters. The smallest absolute Gasteiger partial charge is 0.140 e. The minimum atomic E-state index is 0.708. The van der Waals surface area contributed by atoms with Gasteiger partial charge in [-0.25, -0.2) is 15.0 Å². The zero-order valence-electron chi connectivity index (χ0n) is 11.3. The topological polar surface area (TPSA) is 83.1 Å². The summed E-state index contributed by atoms with van der Waals surface area (Å²) in [5, 5.41) is 7.15. The van der Waals surface area contributed by atoms with Crippen molar-refractivity contribution in [2.45, 2.75) is 26.2 Å². The average molecular weight is 268 g/mol. The Bertz CT molecular complexity index is 670. The lowest BCUT2D eigenvalue weighted by atomic mass is 10.1. The minimum absolute atomic E-state index is 0.708. The van der Waals surface area contributed by atoms with E-state index in [9.17, 15) is 0 Å². The molecular formula is C14H16N6. The van der Waals surface area contributed by atoms with Crippen molar-refractivity contribution < 1.29 is 0 Å². The molecule has 3 aromatic rings. The molecular weight excluding hydrogens is 252 g/mol. The quantitative estimate of drug-likeness (QED) is 0.742. The molecule has 0 spiro atoms. The van der Waals surface area contributed by atoms with Gasteiger partial charge in [-0.05, 0) is 12.0 Å². The highest BCUT2D eigenvalue weighted by Gasteiger charge is 2.11. The summed E-state index contributed by atoms with van der Waals surface area (Å²) in [4.78, 5) is 15.8. The van der Waals surface area contributed by atoms with Crippen molar-refractivity contribution in [2.75, 3.05) is 0 Å². The Morgan fingerprint density at radius 1 is 1.10 bits per heavy atom. The number of rotatable bonds is 5. The third-order valence-corrected chi connectivity index (χ3v) is 3.12. The molecule has 102 valence electrons. The first kappa shape index (κ1) is 12.5. The molecule has 20 heavy (non-hydrogen) atoms. The number of hydrogen-bond donors (Lipinski definition) is 2. The predicted molar refractivity (Wildman–Crippen MR) is 75.0 cm³/mol. The van der Waals surface area contributed by atoms with Gasteiger partial charge in [-0.1, -0.05) is 13.3 Å². The van der Waals surface area contributed by atoms with Crippen LogP contribution in [0.5, 0.6) is 0 Å². The van der Waals surface area contributed by atoms with Gasteiger partial charge in [-0.15, -0.1) is 0 Å². The lowest BCUT2D eigenvalue weighted by molar-refractivity contribution is 0.893. The van der Waals surface area contributed by atoms with E-state index in [1.165, 1.54) is 6.33 Å². The Hall–Kier alpha value is -2.50. The maximum absolute atomic E-state index is 4.43. The predicted octanol–water partition coefficient (Wildman–Crippen LogP) is 2.13. The second-order valence-corrected chi connectivity index (χ2v) is 4.69. The summed E-state index contributed by atoms with van der Waals surface area (Å²) in [6.45, 7) is 2.15. The first-order valence-electron chi connectivity index (χ1n) is 6.67. The minimum Gasteiger partial charge on any atom is -0.342 e. The van der Waals surface area contributed by atoms with E-state index in [0.29, 0.717) is 6.42 Å². The largest absolute Gasteiger partial charge is 0.342 e. The zero-order chi connectivity index (χ0) is 13.8. The van der Waals surface area contributed by atoms with Crippen molar-refractivity contribution in [1.82, 2.24) is 30.1 Å². The van der Waals surface area contributed by atoms with Gasteiger partial charge in [0.15, 0.2) is 0 Å². The van der Waals surface area contributed by atoms with Gasteiger partial charge in [0, 0.05) is 30.7 Å². The Morgan fingerprint density at radius 3 is 2.75 bits per heavy atom. The molecule has 0 aromatic carbocycles. The third kappa shape index (κ3) is 2.59. The molecule has 0 aliphatic heterocycles. The van der Waals surface area contributed by atoms with E-state index < -0.39 is 0 Å². The lowest BCUT2D eigenvalue weighted by Crippen LogP contribution is -1.94. The Morgan fingerprint density at radius 2 is 1.95 bits per heavy atom. The van der Waals surface area contributed by atoms with Crippen LogP contribution in [0.4, 0.5) is 0 Å². The summed E-state index contributed by atoms with van der Waals surface area (Å²) < 4.78 is 0. The number of nitrogens with zero attached hydrogens (tertiary/aromatic N) is 4. The molecule has 6 nitrogen and oxygen atoms in total. The van der Waals surface area contributed by atoms with Crippen LogP contribution in [0, 0.1) is 0 Å². The molecule has 3 heterocycles. The second kappa shape index (κ2) is 5.64. The lowest BCUT2D eigenvalue weighted by Gasteiger charge is -2.00. The number of hydrogen-bond acceptors (Lipinski definition) is 4. The molecule has 0 saturated heterocycles. The van der Waals surface area contributed by atoms with E-state index in [4.69, 9.17) is 0 Å². The fourth-order valence-corrected chi connectivity index (χ4v) is 2.17. The molecule has 0 saturated carbocycles. The monoisotopic (exact) mass is 268 g/mol. The van der Waals surface area contributed by atoms with Crippen LogP contribution in [0.2, 0.25) is 0 Å². The first-order valence-corrected chi connectivity index (χ1v) is 6.67. The van der Waals surface area contributed by atoms with Gasteiger partial charge >= 0.3 is 0 Å². The Kier molecular flexibility index (Phi) is 3.54. The van der Waals surface area contributed by atoms with Crippen LogP contribution in [0.15, 0.2) is 31.1 Å². The molecule has 0 atom stereocenters. The van der Waals surface area contributed by atoms with Crippen molar-refractivity contribution in [3.05, 3.63) is 48.1 Å². The molecule has 3 rings (SSSR count). The van der Waals surface area contributed by atoms with Gasteiger partial charge in [-0.3, -0.25) is 5.10 Å². The van der Waals surface area contributed by atoms with Gasteiger partial charge in [0.25, 0.3) is 0 Å². The van der Waals surface area contributed by atoms with Crippen LogP contribution < -0.4 is 0 Å². The van der Waals surface area contributed by atoms with Crippen LogP contribution in [0.1, 0.15) is 30.3 Å². The molecule has 0 aliphatic carbocycles. The first-order chi connectivity index (χ1) is 9.86. The molecule has 0 bridgehead atoms. The van der Waals surface area contributed by atoms with Crippen molar-refractivity contribution in [1.29, 1.82) is 0 Å². The van der Waals surface area contributed by atoms with E-state index in [1.54, 1.807) is 6.20 Å². The van der Waals surface area contributed by atoms with E-state index in [-0.39, 0.29) is 0 Å². The molecule has 6 heteroatoms. The van der Waals surface area contributed by atoms with Crippen LogP contribution >= 0.6 is 0 Å². The van der Waals surface area contributed by atoms with Crippen molar-refractivity contribution >= 4 is 0 Å². The number of H-pyrrole nitrogens is 2. The number of imidazole rings is 1. The number of aromatic nitrogens is 6. The number of aromatic amines is 2. The molecule has 0 aliphatic rings. The van der Waals surface area contributed by atoms with Crippen LogP contribution in [-0.4, -0.2) is 30.1 Å². The van der Waals surface area contributed by atoms with Gasteiger partial charge in [0.2, 0.25) is 0 Å². The van der Waals surface area contributed by atoms with Crippen LogP contribution in [-0.2, 0) is 12.8 Å². The maximum Gasteiger partial charge on any atom is 0.140 e. The summed E-state index contributed by atoms with van der Waals surface area (Å²) in [7, 11) is 0. The van der Waals surface area contributed by atoms with Crippen molar-refractivity contribution in [3.63, 3.8) is 0 Å². The van der Waals surface area contributed by atoms with Gasteiger partial charge < -0.3 is 4.98 Å². The number of aryl methyl sites for hydroxylation is 1. The summed E-state index contributed by atoms with van der Waals surface area (Å²) in [6.07, 6.45) is 11.6. The zero-order valence-corrected chi connectivity index (χ0v) is 11.3. The summed E-state index contributed by atoms with van der Waals surface area (Å²) in [5.74, 6) is 0.856. The SMILES string of the molecule is CCCc1cnc(-c2cn[nH]c2Cc2cncnc2)[nH]1. The Labute approximate surface area is 116 Å². The highest BCUT2D eigenvalue weighted by molar-refractivity contribution is 5.58. The summed E-state index contributed by atoms with van der Waals surface area (Å²) in [5.41, 5.74) is 4.20. The molecule has 0 radical (unpaired) electrons. The van der Waals surface area contributed by atoms with Gasteiger partial charge in [0.05, 0.1) is 17.5 Å². The molecule has 0 fully saturated rings. The molecule has 0 amide bonds. The van der Waals surface area contributed by atoms with E-state index in [0.717, 1.165) is 41.2 Å². The standard InChI is InChI=1S/C14H16N6/c1-2-3-11-7-17-14(19-11)12-8-18-20-13(12)4-10-5-15-9-16-6-10/h5-9H,2-4H2,1H3,(H,17,19)(H,18,20). The van der Waals surface area contributed by atoms with Gasteiger partial charge in [0.1, 0.15) is 12.2 Å². The molecule has 3 aromatic heterocycles. The maximum atomic E-state index is 4.43. The second-order valence-electron chi connectivity index (χ2n) is 4.69. The van der Waals surface area contributed by atoms with E-state index >= 15 is 0 Å². The summed E-state index contributed by atoms with van der Waals surface area (Å²) in [6, 6.07) is 0. The fraction of sp³-hybridized carbons (Fsp3) is 0.286.